The molecule has 0 bridgehead atoms. The summed E-state index contributed by atoms with van der Waals surface area (Å²) in [6.45, 7) is 4.45. The van der Waals surface area contributed by atoms with Crippen LogP contribution < -0.4 is 0 Å². The van der Waals surface area contributed by atoms with Crippen LogP contribution in [0.4, 0.5) is 0 Å². The Morgan fingerprint density at radius 3 is 2.76 bits per heavy atom. The zero-order valence-electron chi connectivity index (χ0n) is 10.7. The molecule has 2 heteroatoms. The van der Waals surface area contributed by atoms with E-state index in [4.69, 9.17) is 0 Å². The average Bonchev–Trinajstić information content (AvgIpc) is 2.25. The van der Waals surface area contributed by atoms with Crippen LogP contribution in [0.15, 0.2) is 24.3 Å². The third-order valence-electron chi connectivity index (χ3n) is 3.28. The summed E-state index contributed by atoms with van der Waals surface area (Å²) in [6.07, 6.45) is 1.95. The van der Waals surface area contributed by atoms with Crippen molar-refractivity contribution in [3.05, 3.63) is 35.4 Å². The van der Waals surface area contributed by atoms with Gasteiger partial charge >= 0.3 is 0 Å². The van der Waals surface area contributed by atoms with Crippen molar-refractivity contribution >= 4 is 11.8 Å². The van der Waals surface area contributed by atoms with Gasteiger partial charge in [-0.15, -0.1) is 0 Å². The second kappa shape index (κ2) is 5.92. The zero-order chi connectivity index (χ0) is 12.3. The van der Waals surface area contributed by atoms with E-state index in [1.54, 1.807) is 0 Å². The number of thioether (sulfide) groups is 1. The lowest BCUT2D eigenvalue weighted by Crippen LogP contribution is -2.23. The van der Waals surface area contributed by atoms with Gasteiger partial charge in [0.2, 0.25) is 0 Å². The van der Waals surface area contributed by atoms with Gasteiger partial charge in [0.15, 0.2) is 0 Å². The summed E-state index contributed by atoms with van der Waals surface area (Å²) in [6, 6.07) is 8.61. The Balaban J connectivity index is 1.72. The van der Waals surface area contributed by atoms with E-state index in [9.17, 15) is 5.11 Å². The molecule has 1 aliphatic rings. The van der Waals surface area contributed by atoms with Crippen LogP contribution in [0, 0.1) is 5.92 Å². The van der Waals surface area contributed by atoms with Crippen molar-refractivity contribution in [1.82, 2.24) is 0 Å². The Morgan fingerprint density at radius 2 is 2.06 bits per heavy atom. The summed E-state index contributed by atoms with van der Waals surface area (Å²) in [5, 5.41) is 10.0. The molecule has 0 heterocycles. The molecule has 1 aliphatic carbocycles. The van der Waals surface area contributed by atoms with Crippen LogP contribution in [0.25, 0.3) is 0 Å². The van der Waals surface area contributed by atoms with Crippen LogP contribution in [0.5, 0.6) is 0 Å². The van der Waals surface area contributed by atoms with E-state index >= 15 is 0 Å². The summed E-state index contributed by atoms with van der Waals surface area (Å²) in [5.41, 5.74) is 2.93. The molecular formula is C15H22OS. The second-order valence-corrected chi connectivity index (χ2v) is 6.50. The van der Waals surface area contributed by atoms with Crippen LogP contribution in [-0.2, 0) is 6.42 Å². The first-order valence-electron chi connectivity index (χ1n) is 6.50. The fourth-order valence-electron chi connectivity index (χ4n) is 2.41. The number of aliphatic hydroxyl groups excluding tert-OH is 1. The highest BCUT2D eigenvalue weighted by atomic mass is 32.2. The fourth-order valence-corrected chi connectivity index (χ4v) is 3.42. The molecule has 17 heavy (non-hydrogen) atoms. The minimum atomic E-state index is -0.142. The van der Waals surface area contributed by atoms with E-state index in [1.807, 2.05) is 11.8 Å². The molecule has 2 rings (SSSR count). The van der Waals surface area contributed by atoms with E-state index in [2.05, 4.69) is 38.1 Å². The van der Waals surface area contributed by atoms with Crippen LogP contribution in [0.3, 0.4) is 0 Å². The Kier molecular flexibility index (Phi) is 4.52. The molecule has 0 radical (unpaired) electrons. The fraction of sp³-hybridized carbons (Fsp3) is 0.600. The second-order valence-electron chi connectivity index (χ2n) is 5.42. The Hall–Kier alpha value is -0.470. The molecule has 1 N–H and O–H groups in total. The van der Waals surface area contributed by atoms with Crippen molar-refractivity contribution in [1.29, 1.82) is 0 Å². The van der Waals surface area contributed by atoms with Gasteiger partial charge in [-0.2, -0.15) is 11.8 Å². The maximum atomic E-state index is 10.0. The van der Waals surface area contributed by atoms with Crippen LogP contribution in [0.1, 0.15) is 37.3 Å². The predicted molar refractivity (Wildman–Crippen MR) is 75.7 cm³/mol. The quantitative estimate of drug-likeness (QED) is 0.834. The topological polar surface area (TPSA) is 20.2 Å². The van der Waals surface area contributed by atoms with Crippen LogP contribution >= 0.6 is 11.8 Å². The first-order chi connectivity index (χ1) is 8.16. The molecular weight excluding hydrogens is 228 g/mol. The number of benzene rings is 1. The maximum Gasteiger partial charge on any atom is 0.0636 e. The van der Waals surface area contributed by atoms with Crippen molar-refractivity contribution in [2.24, 2.45) is 5.92 Å². The summed E-state index contributed by atoms with van der Waals surface area (Å²) < 4.78 is 0. The molecule has 0 saturated carbocycles. The van der Waals surface area contributed by atoms with Gasteiger partial charge < -0.3 is 5.11 Å². The first-order valence-corrected chi connectivity index (χ1v) is 7.66. The van der Waals surface area contributed by atoms with Crippen molar-refractivity contribution < 1.29 is 5.11 Å². The molecule has 94 valence electrons. The Morgan fingerprint density at radius 1 is 1.29 bits per heavy atom. The minimum Gasteiger partial charge on any atom is -0.392 e. The van der Waals surface area contributed by atoms with Crippen molar-refractivity contribution in [3.63, 3.8) is 0 Å². The monoisotopic (exact) mass is 250 g/mol. The molecule has 0 fully saturated rings. The molecule has 1 nitrogen and oxygen atoms in total. The highest BCUT2D eigenvalue weighted by Gasteiger charge is 2.27. The molecule has 2 atom stereocenters. The smallest absolute Gasteiger partial charge is 0.0636 e. The van der Waals surface area contributed by atoms with Gasteiger partial charge in [-0.1, -0.05) is 38.1 Å². The average molecular weight is 250 g/mol. The molecule has 2 unspecified atom stereocenters. The molecule has 0 aliphatic heterocycles. The number of hydrogen-bond acceptors (Lipinski definition) is 2. The third kappa shape index (κ3) is 3.49. The number of fused-ring (bicyclic) bond motifs is 1. The Labute approximate surface area is 109 Å². The summed E-state index contributed by atoms with van der Waals surface area (Å²) >= 11 is 1.88. The zero-order valence-corrected chi connectivity index (χ0v) is 11.5. The maximum absolute atomic E-state index is 10.0. The number of hydrogen-bond donors (Lipinski definition) is 1. The molecule has 1 aromatic rings. The van der Waals surface area contributed by atoms with Gasteiger partial charge in [-0.05, 0) is 41.6 Å². The molecule has 0 spiro atoms. The van der Waals surface area contributed by atoms with Gasteiger partial charge in [0.1, 0.15) is 0 Å². The van der Waals surface area contributed by atoms with Crippen LogP contribution in [0.2, 0.25) is 0 Å². The van der Waals surface area contributed by atoms with Gasteiger partial charge in [0.05, 0.1) is 6.10 Å². The van der Waals surface area contributed by atoms with E-state index in [1.165, 1.54) is 11.1 Å². The van der Waals surface area contributed by atoms with E-state index in [-0.39, 0.29) is 6.10 Å². The van der Waals surface area contributed by atoms with E-state index in [0.29, 0.717) is 5.92 Å². The first kappa shape index (κ1) is 13.0. The molecule has 1 aromatic carbocycles. The summed E-state index contributed by atoms with van der Waals surface area (Å²) in [5.74, 6) is 3.35. The largest absolute Gasteiger partial charge is 0.392 e. The van der Waals surface area contributed by atoms with E-state index in [0.717, 1.165) is 30.3 Å². The third-order valence-corrected chi connectivity index (χ3v) is 4.80. The minimum absolute atomic E-state index is 0.142. The predicted octanol–water partition coefficient (Wildman–Crippen LogP) is 3.47. The van der Waals surface area contributed by atoms with Crippen molar-refractivity contribution in [2.45, 2.75) is 38.7 Å². The van der Waals surface area contributed by atoms with Crippen LogP contribution in [-0.4, -0.2) is 22.7 Å². The summed E-state index contributed by atoms with van der Waals surface area (Å²) in [4.78, 5) is 0. The van der Waals surface area contributed by atoms with Gasteiger partial charge in [0, 0.05) is 5.75 Å². The summed E-state index contributed by atoms with van der Waals surface area (Å²) in [7, 11) is 0. The lowest BCUT2D eigenvalue weighted by atomic mass is 9.75. The highest BCUT2D eigenvalue weighted by molar-refractivity contribution is 7.99. The lowest BCUT2D eigenvalue weighted by molar-refractivity contribution is 0.175. The Bertz CT molecular complexity index is 362. The highest BCUT2D eigenvalue weighted by Crippen LogP contribution is 2.38. The lowest BCUT2D eigenvalue weighted by Gasteiger charge is -2.31. The normalized spacial score (nSPS) is 19.9. The number of rotatable bonds is 6. The van der Waals surface area contributed by atoms with Crippen molar-refractivity contribution in [2.75, 3.05) is 11.5 Å². The van der Waals surface area contributed by atoms with Gasteiger partial charge in [0.25, 0.3) is 0 Å². The molecule has 0 amide bonds. The standard InChI is InChI=1S/C15H22OS/c1-11(2)9-17-10-14(16)8-13-7-12-5-3-4-6-15(12)13/h3-6,11,13-14,16H,7-10H2,1-2H3. The number of aliphatic hydroxyl groups is 1. The van der Waals surface area contributed by atoms with Crippen molar-refractivity contribution in [3.8, 4) is 0 Å². The van der Waals surface area contributed by atoms with E-state index < -0.39 is 0 Å². The molecule has 0 saturated heterocycles. The SMILES string of the molecule is CC(C)CSCC(O)CC1Cc2ccccc21. The van der Waals surface area contributed by atoms with Gasteiger partial charge in [-0.25, -0.2) is 0 Å². The van der Waals surface area contributed by atoms with Gasteiger partial charge in [-0.3, -0.25) is 0 Å². The molecule has 0 aromatic heterocycles.